The van der Waals surface area contributed by atoms with Crippen molar-refractivity contribution in [1.29, 1.82) is 0 Å². The summed E-state index contributed by atoms with van der Waals surface area (Å²) in [5.41, 5.74) is 12.2. The highest BCUT2D eigenvalue weighted by molar-refractivity contribution is 5.91. The van der Waals surface area contributed by atoms with Gasteiger partial charge in [-0.05, 0) is 78.3 Å². The number of aromatic nitrogens is 4. The topological polar surface area (TPSA) is 105 Å². The molecule has 4 aromatic rings. The lowest BCUT2D eigenvalue weighted by Crippen LogP contribution is -2.35. The van der Waals surface area contributed by atoms with Gasteiger partial charge >= 0.3 is 0 Å². The molecule has 2 bridgehead atoms. The maximum Gasteiger partial charge on any atom is 0.153 e. The Kier molecular flexibility index (Phi) is 3.54. The van der Waals surface area contributed by atoms with Crippen LogP contribution < -0.4 is 11.1 Å². The molecule has 2 aliphatic carbocycles. The molecule has 0 radical (unpaired) electrons. The summed E-state index contributed by atoms with van der Waals surface area (Å²) in [6, 6.07) is 11.2. The van der Waals surface area contributed by atoms with Gasteiger partial charge in [0.05, 0.1) is 36.4 Å². The zero-order valence-corrected chi connectivity index (χ0v) is 17.3. The summed E-state index contributed by atoms with van der Waals surface area (Å²) >= 11 is 0. The normalized spacial score (nSPS) is 28.7. The number of aromatic amines is 1. The van der Waals surface area contributed by atoms with Crippen LogP contribution in [0.4, 0.5) is 11.5 Å². The van der Waals surface area contributed by atoms with Gasteiger partial charge in [0.2, 0.25) is 0 Å². The van der Waals surface area contributed by atoms with Gasteiger partial charge in [-0.2, -0.15) is 10.2 Å². The molecule has 1 aliphatic heterocycles. The number of H-pyrrole nitrogens is 1. The number of hydrogen-bond acceptors (Lipinski definition) is 5. The molecule has 4 unspecified atom stereocenters. The first-order chi connectivity index (χ1) is 15.2. The molecule has 0 amide bonds. The molecular weight excluding hydrogens is 388 g/mol. The van der Waals surface area contributed by atoms with Crippen LogP contribution in [0, 0.1) is 17.8 Å². The van der Waals surface area contributed by atoms with E-state index in [0.717, 1.165) is 28.3 Å². The summed E-state index contributed by atoms with van der Waals surface area (Å²) in [4.78, 5) is 0. The number of fused-ring (bicyclic) bond motifs is 10. The van der Waals surface area contributed by atoms with Gasteiger partial charge in [0.25, 0.3) is 0 Å². The van der Waals surface area contributed by atoms with Crippen LogP contribution in [-0.4, -0.2) is 31.7 Å². The number of aliphatic hydroxyl groups excluding tert-OH is 1. The molecule has 3 heterocycles. The second-order valence-corrected chi connectivity index (χ2v) is 9.52. The van der Waals surface area contributed by atoms with E-state index in [2.05, 4.69) is 50.9 Å². The van der Waals surface area contributed by atoms with Gasteiger partial charge in [-0.15, -0.1) is 0 Å². The molecule has 7 rings (SSSR count). The summed E-state index contributed by atoms with van der Waals surface area (Å²) in [6.45, 7) is 0.634. The number of nitrogens with zero attached hydrogens (tertiary/aromatic N) is 3. The number of anilines is 2. The van der Waals surface area contributed by atoms with Gasteiger partial charge in [-0.25, -0.2) is 0 Å². The zero-order valence-electron chi connectivity index (χ0n) is 17.3. The summed E-state index contributed by atoms with van der Waals surface area (Å²) in [6.07, 6.45) is 5.99. The fourth-order valence-electron chi connectivity index (χ4n) is 6.99. The molecule has 5 atom stereocenters. The fourth-order valence-corrected chi connectivity index (χ4v) is 6.99. The Balaban J connectivity index is 1.40. The fraction of sp³-hybridized carbons (Fsp3) is 0.417. The third-order valence-electron chi connectivity index (χ3n) is 8.17. The lowest BCUT2D eigenvalue weighted by Gasteiger charge is -2.43. The third kappa shape index (κ3) is 2.32. The molecule has 0 spiro atoms. The number of nitrogen functional groups attached to an aromatic ring is 1. The Morgan fingerprint density at radius 2 is 2.03 bits per heavy atom. The average Bonchev–Trinajstić information content (AvgIpc) is 3.57. The Morgan fingerprint density at radius 1 is 1.13 bits per heavy atom. The second-order valence-electron chi connectivity index (χ2n) is 9.52. The molecule has 2 fully saturated rings. The first kappa shape index (κ1) is 17.6. The molecule has 158 valence electrons. The minimum absolute atomic E-state index is 0.102. The van der Waals surface area contributed by atoms with Crippen molar-refractivity contribution in [3.05, 3.63) is 47.7 Å². The number of aliphatic hydroxyl groups is 1. The van der Waals surface area contributed by atoms with Crippen molar-refractivity contribution in [2.24, 2.45) is 17.8 Å². The second kappa shape index (κ2) is 6.23. The van der Waals surface area contributed by atoms with Crippen LogP contribution in [0.3, 0.4) is 0 Å². The van der Waals surface area contributed by atoms with E-state index in [0.29, 0.717) is 24.2 Å². The number of nitrogens with two attached hydrogens (primary N) is 1. The standard InChI is InChI=1S/C24H26N6O/c25-24-15-10-14(3-4-17(15)28-29-24)23-21-13-2-1-12(9-13)20(21)22-16-11-26-30(7-8-31)19(16)6-5-18(22)27-23/h3-6,10-13,20-21,23,27,31H,1-2,7-9H2,(H3,25,28,29)/t12?,13?,20?,21-,23?/m1/s1. The van der Waals surface area contributed by atoms with Crippen molar-refractivity contribution in [2.75, 3.05) is 17.7 Å². The van der Waals surface area contributed by atoms with Crippen LogP contribution in [-0.2, 0) is 6.54 Å². The van der Waals surface area contributed by atoms with Gasteiger partial charge in [-0.3, -0.25) is 9.78 Å². The Morgan fingerprint density at radius 3 is 2.94 bits per heavy atom. The van der Waals surface area contributed by atoms with Gasteiger partial charge < -0.3 is 16.2 Å². The van der Waals surface area contributed by atoms with E-state index in [1.165, 1.54) is 41.5 Å². The molecule has 2 aromatic carbocycles. The van der Waals surface area contributed by atoms with E-state index in [9.17, 15) is 5.11 Å². The van der Waals surface area contributed by atoms with Gasteiger partial charge in [0.15, 0.2) is 5.82 Å². The van der Waals surface area contributed by atoms with E-state index < -0.39 is 0 Å². The number of benzene rings is 2. The van der Waals surface area contributed by atoms with Crippen LogP contribution in [0.1, 0.15) is 42.3 Å². The minimum atomic E-state index is 0.102. The SMILES string of the molecule is Nc1n[nH]c2ccc(C3Nc4ccc5c(cnn5CCO)c4C4C5CCC(C5)[C@@H]34)cc12. The third-order valence-corrected chi connectivity index (χ3v) is 8.17. The molecule has 7 nitrogen and oxygen atoms in total. The lowest BCUT2D eigenvalue weighted by atomic mass is 9.67. The minimum Gasteiger partial charge on any atom is -0.394 e. The van der Waals surface area contributed by atoms with Crippen molar-refractivity contribution >= 4 is 33.3 Å². The lowest BCUT2D eigenvalue weighted by molar-refractivity contribution is 0.249. The van der Waals surface area contributed by atoms with Crippen LogP contribution >= 0.6 is 0 Å². The molecule has 2 saturated carbocycles. The van der Waals surface area contributed by atoms with E-state index in [1.54, 1.807) is 0 Å². The number of rotatable bonds is 3. The van der Waals surface area contributed by atoms with Crippen molar-refractivity contribution < 1.29 is 5.11 Å². The van der Waals surface area contributed by atoms with E-state index in [4.69, 9.17) is 5.73 Å². The van der Waals surface area contributed by atoms with Crippen molar-refractivity contribution in [3.8, 4) is 0 Å². The van der Waals surface area contributed by atoms with Crippen LogP contribution in [0.15, 0.2) is 36.5 Å². The maximum absolute atomic E-state index is 9.42. The Bertz CT molecular complexity index is 1320. The number of nitrogens with one attached hydrogen (secondary N) is 2. The largest absolute Gasteiger partial charge is 0.394 e. The van der Waals surface area contributed by atoms with Crippen molar-refractivity contribution in [3.63, 3.8) is 0 Å². The van der Waals surface area contributed by atoms with Crippen molar-refractivity contribution in [2.45, 2.75) is 37.8 Å². The van der Waals surface area contributed by atoms with Gasteiger partial charge in [0.1, 0.15) is 0 Å². The first-order valence-electron chi connectivity index (χ1n) is 11.3. The smallest absolute Gasteiger partial charge is 0.153 e. The van der Waals surface area contributed by atoms with Gasteiger partial charge in [-0.1, -0.05) is 6.07 Å². The molecule has 3 aliphatic rings. The summed E-state index contributed by atoms with van der Waals surface area (Å²) in [5, 5.41) is 27.4. The molecule has 31 heavy (non-hydrogen) atoms. The summed E-state index contributed by atoms with van der Waals surface area (Å²) in [7, 11) is 0. The Hall–Kier alpha value is -3.06. The zero-order chi connectivity index (χ0) is 20.7. The van der Waals surface area contributed by atoms with Crippen molar-refractivity contribution in [1.82, 2.24) is 20.0 Å². The molecule has 2 aromatic heterocycles. The molecule has 5 N–H and O–H groups in total. The highest BCUT2D eigenvalue weighted by Gasteiger charge is 2.54. The van der Waals surface area contributed by atoms with E-state index in [-0.39, 0.29) is 12.6 Å². The maximum atomic E-state index is 9.42. The Labute approximate surface area is 179 Å². The average molecular weight is 415 g/mol. The van der Waals surface area contributed by atoms with E-state index >= 15 is 0 Å². The van der Waals surface area contributed by atoms with E-state index in [1.807, 2.05) is 10.9 Å². The molecule has 0 saturated heterocycles. The van der Waals surface area contributed by atoms with Crippen LogP contribution in [0.25, 0.3) is 21.8 Å². The van der Waals surface area contributed by atoms with Gasteiger partial charge in [0, 0.05) is 16.5 Å². The predicted octanol–water partition coefficient (Wildman–Crippen LogP) is 3.78. The van der Waals surface area contributed by atoms with Crippen LogP contribution in [0.2, 0.25) is 0 Å². The van der Waals surface area contributed by atoms with Crippen LogP contribution in [0.5, 0.6) is 0 Å². The predicted molar refractivity (Wildman–Crippen MR) is 121 cm³/mol. The quantitative estimate of drug-likeness (QED) is 0.408. The summed E-state index contributed by atoms with van der Waals surface area (Å²) in [5.74, 6) is 3.18. The monoisotopic (exact) mass is 414 g/mol. The molecular formula is C24H26N6O. The summed E-state index contributed by atoms with van der Waals surface area (Å²) < 4.78 is 1.93. The molecule has 7 heteroatoms. The first-order valence-corrected chi connectivity index (χ1v) is 11.3. The highest BCUT2D eigenvalue weighted by Crippen LogP contribution is 2.64. The number of hydrogen-bond donors (Lipinski definition) is 4. The highest BCUT2D eigenvalue weighted by atomic mass is 16.3.